The van der Waals surface area contributed by atoms with E-state index in [-0.39, 0.29) is 29.7 Å². The van der Waals surface area contributed by atoms with Gasteiger partial charge in [-0.2, -0.15) is 0 Å². The van der Waals surface area contributed by atoms with Crippen molar-refractivity contribution in [1.82, 2.24) is 20.3 Å². The smallest absolute Gasteiger partial charge is 0.281 e. The van der Waals surface area contributed by atoms with Gasteiger partial charge in [0.2, 0.25) is 0 Å². The summed E-state index contributed by atoms with van der Waals surface area (Å²) in [7, 11) is 1.59. The van der Waals surface area contributed by atoms with E-state index in [9.17, 15) is 9.59 Å². The molecule has 0 fully saturated rings. The van der Waals surface area contributed by atoms with E-state index in [4.69, 9.17) is 8.83 Å². The van der Waals surface area contributed by atoms with Gasteiger partial charge in [0.05, 0.1) is 12.2 Å². The third-order valence-electron chi connectivity index (χ3n) is 2.88. The molecule has 0 aliphatic rings. The lowest BCUT2D eigenvalue weighted by atomic mass is 10.4. The molecule has 0 saturated heterocycles. The van der Waals surface area contributed by atoms with Gasteiger partial charge in [0.1, 0.15) is 12.5 Å². The number of amides is 2. The Morgan fingerprint density at radius 2 is 1.91 bits per heavy atom. The summed E-state index contributed by atoms with van der Waals surface area (Å²) in [5, 5.41) is 4.91. The average molecular weight is 333 g/mol. The normalized spacial score (nSPS) is 10.5. The van der Waals surface area contributed by atoms with Gasteiger partial charge in [0, 0.05) is 12.4 Å². The zero-order valence-corrected chi connectivity index (χ0v) is 12.7. The van der Waals surface area contributed by atoms with Crippen LogP contribution in [0, 0.1) is 0 Å². The molecule has 2 amide bonds. The van der Waals surface area contributed by atoms with Crippen molar-refractivity contribution in [1.29, 1.82) is 0 Å². The summed E-state index contributed by atoms with van der Waals surface area (Å²) < 4.78 is 9.53. The molecule has 0 radical (unpaired) electrons. The molecule has 0 saturated carbocycles. The van der Waals surface area contributed by atoms with Crippen LogP contribution in [0.3, 0.4) is 0 Å². The maximum atomic E-state index is 12.1. The Morgan fingerprint density at radius 3 is 2.57 bits per heavy atom. The van der Waals surface area contributed by atoms with Crippen molar-refractivity contribution in [3.8, 4) is 0 Å². The molecular weight excluding hydrogens is 322 g/mol. The van der Waals surface area contributed by atoms with Crippen molar-refractivity contribution in [3.63, 3.8) is 0 Å². The molecular formula is C13H11N5O4S. The second-order valence-corrected chi connectivity index (χ2v) is 5.25. The van der Waals surface area contributed by atoms with E-state index in [1.807, 2.05) is 0 Å². The lowest BCUT2D eigenvalue weighted by molar-refractivity contribution is 0.0943. The van der Waals surface area contributed by atoms with Crippen LogP contribution < -0.4 is 10.2 Å². The van der Waals surface area contributed by atoms with Crippen molar-refractivity contribution in [3.05, 3.63) is 47.8 Å². The van der Waals surface area contributed by atoms with Crippen LogP contribution in [-0.2, 0) is 6.54 Å². The molecule has 1 N–H and O–H groups in total. The van der Waals surface area contributed by atoms with Crippen LogP contribution in [0.1, 0.15) is 26.7 Å². The summed E-state index contributed by atoms with van der Waals surface area (Å²) in [6.45, 7) is 0.216. The van der Waals surface area contributed by atoms with Gasteiger partial charge in [0.25, 0.3) is 11.8 Å². The first-order chi connectivity index (χ1) is 11.1. The van der Waals surface area contributed by atoms with Gasteiger partial charge in [-0.1, -0.05) is 0 Å². The fourth-order valence-electron chi connectivity index (χ4n) is 1.69. The fourth-order valence-corrected chi connectivity index (χ4v) is 2.48. The third-order valence-corrected chi connectivity index (χ3v) is 3.84. The molecule has 0 unspecified atom stereocenters. The Bertz CT molecular complexity index is 796. The Labute approximate surface area is 134 Å². The molecule has 0 aliphatic heterocycles. The topological polar surface area (TPSA) is 114 Å². The fraction of sp³-hybridized carbons (Fsp3) is 0.154. The number of anilines is 1. The molecule has 0 bridgehead atoms. The van der Waals surface area contributed by atoms with E-state index in [0.717, 1.165) is 0 Å². The lowest BCUT2D eigenvalue weighted by Gasteiger charge is -2.11. The van der Waals surface area contributed by atoms with E-state index in [0.29, 0.717) is 10.8 Å². The first-order valence-electron chi connectivity index (χ1n) is 6.42. The predicted octanol–water partition coefficient (Wildman–Crippen LogP) is 1.33. The highest BCUT2D eigenvalue weighted by Gasteiger charge is 2.19. The van der Waals surface area contributed by atoms with Crippen LogP contribution in [0.25, 0.3) is 0 Å². The molecule has 0 atom stereocenters. The first-order valence-corrected chi connectivity index (χ1v) is 7.30. The summed E-state index contributed by atoms with van der Waals surface area (Å²) in [5.74, 6) is -0.688. The predicted molar refractivity (Wildman–Crippen MR) is 79.0 cm³/mol. The Morgan fingerprint density at radius 1 is 1.22 bits per heavy atom. The van der Waals surface area contributed by atoms with E-state index in [2.05, 4.69) is 20.3 Å². The largest absolute Gasteiger partial charge is 0.451 e. The zero-order valence-electron chi connectivity index (χ0n) is 11.9. The van der Waals surface area contributed by atoms with Crippen LogP contribution in [0.2, 0.25) is 0 Å². The minimum Gasteiger partial charge on any atom is -0.451 e. The number of carbonyl (C=O) groups is 2. The van der Waals surface area contributed by atoms with Gasteiger partial charge < -0.3 is 14.2 Å². The monoisotopic (exact) mass is 333 g/mol. The summed E-state index contributed by atoms with van der Waals surface area (Å²) in [6.07, 6.45) is 4.89. The molecule has 0 spiro atoms. The molecule has 9 nitrogen and oxygen atoms in total. The number of hydrogen-bond acceptors (Lipinski definition) is 8. The number of nitrogens with zero attached hydrogens (tertiary/aromatic N) is 4. The molecule has 23 heavy (non-hydrogen) atoms. The van der Waals surface area contributed by atoms with Gasteiger partial charge in [-0.15, -0.1) is 11.3 Å². The van der Waals surface area contributed by atoms with Crippen molar-refractivity contribution in [2.75, 3.05) is 11.9 Å². The number of oxazole rings is 2. The second kappa shape index (κ2) is 6.40. The highest BCUT2D eigenvalue weighted by molar-refractivity contribution is 7.14. The van der Waals surface area contributed by atoms with Gasteiger partial charge in [-0.25, -0.2) is 15.0 Å². The van der Waals surface area contributed by atoms with Crippen LogP contribution in [0.5, 0.6) is 0 Å². The molecule has 3 rings (SSSR count). The molecule has 118 valence electrons. The van der Waals surface area contributed by atoms with Gasteiger partial charge in [-0.3, -0.25) is 14.5 Å². The summed E-state index contributed by atoms with van der Waals surface area (Å²) in [4.78, 5) is 37.1. The summed E-state index contributed by atoms with van der Waals surface area (Å²) >= 11 is 1.28. The Kier molecular flexibility index (Phi) is 4.15. The molecule has 0 aromatic carbocycles. The van der Waals surface area contributed by atoms with Crippen LogP contribution in [0.4, 0.5) is 5.13 Å². The number of aromatic nitrogens is 3. The molecule has 3 aromatic rings. The number of carbonyl (C=O) groups excluding carboxylic acids is 2. The molecule has 0 aliphatic carbocycles. The summed E-state index contributed by atoms with van der Waals surface area (Å²) in [5.41, 5.74) is 1.02. The Hall–Kier alpha value is -3.01. The zero-order chi connectivity index (χ0) is 16.2. The second-order valence-electron chi connectivity index (χ2n) is 4.42. The van der Waals surface area contributed by atoms with E-state index in [1.54, 1.807) is 12.4 Å². The lowest BCUT2D eigenvalue weighted by Crippen LogP contribution is -2.26. The van der Waals surface area contributed by atoms with Crippen LogP contribution >= 0.6 is 11.3 Å². The third kappa shape index (κ3) is 3.26. The highest BCUT2D eigenvalue weighted by Crippen LogP contribution is 2.20. The molecule has 3 heterocycles. The minimum atomic E-state index is -0.361. The van der Waals surface area contributed by atoms with Crippen molar-refractivity contribution < 1.29 is 18.4 Å². The van der Waals surface area contributed by atoms with Crippen molar-refractivity contribution in [2.45, 2.75) is 6.54 Å². The quantitative estimate of drug-likeness (QED) is 0.749. The van der Waals surface area contributed by atoms with E-state index < -0.39 is 0 Å². The van der Waals surface area contributed by atoms with Gasteiger partial charge in [-0.05, 0) is 0 Å². The highest BCUT2D eigenvalue weighted by atomic mass is 32.1. The number of thiazole rings is 1. The summed E-state index contributed by atoms with van der Waals surface area (Å²) in [6, 6.07) is 0. The van der Waals surface area contributed by atoms with Crippen molar-refractivity contribution in [2.24, 2.45) is 0 Å². The van der Waals surface area contributed by atoms with Gasteiger partial charge >= 0.3 is 0 Å². The van der Waals surface area contributed by atoms with Gasteiger partial charge in [0.15, 0.2) is 29.3 Å². The maximum Gasteiger partial charge on any atom is 0.281 e. The SMILES string of the molecule is CN(C(=O)c1cocn1)c1nc(CNC(=O)c2cocn2)cs1. The first kappa shape index (κ1) is 14.9. The maximum absolute atomic E-state index is 12.1. The van der Waals surface area contributed by atoms with Crippen LogP contribution in [-0.4, -0.2) is 33.8 Å². The standard InChI is InChI=1S/C13H11N5O4S/c1-18(12(20)10-4-22-7-16-10)13-17-8(5-23-13)2-14-11(19)9-3-21-6-15-9/h3-7H,2H2,1H3,(H,14,19). The van der Waals surface area contributed by atoms with Crippen LogP contribution in [0.15, 0.2) is 39.5 Å². The van der Waals surface area contributed by atoms with E-state index >= 15 is 0 Å². The number of rotatable bonds is 5. The minimum absolute atomic E-state index is 0.193. The average Bonchev–Trinajstić information content (AvgIpc) is 3.33. The number of hydrogen-bond donors (Lipinski definition) is 1. The molecule has 3 aromatic heterocycles. The number of nitrogens with one attached hydrogen (secondary N) is 1. The van der Waals surface area contributed by atoms with Crippen molar-refractivity contribution >= 4 is 28.3 Å². The Balaban J connectivity index is 1.61. The van der Waals surface area contributed by atoms with E-state index in [1.165, 1.54) is 41.6 Å². The molecule has 10 heteroatoms.